The summed E-state index contributed by atoms with van der Waals surface area (Å²) in [4.78, 5) is 170. The molecular formula is C62H109N11O12. The van der Waals surface area contributed by atoms with Crippen LogP contribution in [0.2, 0.25) is 0 Å². The smallest absolute Gasteiger partial charge is 0.248 e. The van der Waals surface area contributed by atoms with Gasteiger partial charge in [0.2, 0.25) is 65.0 Å². The summed E-state index contributed by atoms with van der Waals surface area (Å²) in [5, 5.41) is 11.1. The standard InChI is InChI=1S/C62H109N11O12/c1-25-27-28-38(13)52-51-56(78)65-43(26-2)58(80)67(18)32-47(74)71(22)49(39(14)36(9)10)55(77)66-48(37(11)12)61(83)68(19)44(29-33(3)4)54(76)63-40(15)53(75)64-41(16)57(79)69(20)45(30-34(5)6)59(81)70(21)46(31-35(7)8)60(82)72(23)50(42(17)85-52)62(84)73(51)24/h25,27,33-46,48-52H,26,28-32H2,1-24H3,(H,63,76)(H,64,75)(H,65,78)(H,66,77)/b27-25+/t38-,39-,40+,41+,42?,43+,44+,45+,46+,48+,49?,50+,51-,52+/m1/s1. The molecule has 0 aromatic rings. The first-order valence-corrected chi connectivity index (χ1v) is 30.6. The Labute approximate surface area is 508 Å². The van der Waals surface area contributed by atoms with Crippen LogP contribution in [0.3, 0.4) is 0 Å². The molecule has 2 fully saturated rings. The molecule has 0 saturated carbocycles. The van der Waals surface area contributed by atoms with Crippen LogP contribution in [0.15, 0.2) is 12.2 Å². The molecule has 23 nitrogen and oxygen atoms in total. The predicted octanol–water partition coefficient (Wildman–Crippen LogP) is 3.29. The lowest BCUT2D eigenvalue weighted by atomic mass is 9.88. The van der Waals surface area contributed by atoms with Gasteiger partial charge >= 0.3 is 0 Å². The van der Waals surface area contributed by atoms with Crippen LogP contribution in [-0.4, -0.2) is 228 Å². The van der Waals surface area contributed by atoms with Crippen molar-refractivity contribution in [3.8, 4) is 0 Å². The van der Waals surface area contributed by atoms with Crippen molar-refractivity contribution in [1.29, 1.82) is 0 Å². The van der Waals surface area contributed by atoms with E-state index in [0.717, 1.165) is 4.90 Å². The van der Waals surface area contributed by atoms with Gasteiger partial charge in [0.1, 0.15) is 60.4 Å². The molecule has 4 N–H and O–H groups in total. The summed E-state index contributed by atoms with van der Waals surface area (Å²) in [6, 6.07) is -12.0. The third-order valence-electron chi connectivity index (χ3n) is 17.0. The van der Waals surface area contributed by atoms with E-state index in [1.807, 2.05) is 81.4 Å². The third-order valence-corrected chi connectivity index (χ3v) is 17.0. The summed E-state index contributed by atoms with van der Waals surface area (Å²) in [6.45, 7) is 29.8. The Bertz CT molecular complexity index is 2380. The highest BCUT2D eigenvalue weighted by Crippen LogP contribution is 2.30. The number of rotatable bonds is 13. The van der Waals surface area contributed by atoms with Crippen LogP contribution in [0, 0.1) is 41.4 Å². The summed E-state index contributed by atoms with van der Waals surface area (Å²) in [6.07, 6.45) is 2.80. The van der Waals surface area contributed by atoms with Gasteiger partial charge in [-0.1, -0.05) is 102 Å². The van der Waals surface area contributed by atoms with Gasteiger partial charge in [-0.3, -0.25) is 52.7 Å². The topological polar surface area (TPSA) is 268 Å². The van der Waals surface area contributed by atoms with Crippen LogP contribution >= 0.6 is 0 Å². The minimum Gasteiger partial charge on any atom is -0.370 e. The number of amides is 11. The number of ether oxygens (including phenoxy) is 1. The lowest BCUT2D eigenvalue weighted by molar-refractivity contribution is -0.155. The maximum Gasteiger partial charge on any atom is 0.248 e. The molecule has 2 aliphatic heterocycles. The Balaban J connectivity index is 2.98. The molecule has 11 amide bonds. The number of carbonyl (C=O) groups is 11. The summed E-state index contributed by atoms with van der Waals surface area (Å²) in [5.41, 5.74) is 0. The Morgan fingerprint density at radius 1 is 0.506 bits per heavy atom. The van der Waals surface area contributed by atoms with Crippen LogP contribution < -0.4 is 21.3 Å². The van der Waals surface area contributed by atoms with Crippen molar-refractivity contribution in [3.63, 3.8) is 0 Å². The van der Waals surface area contributed by atoms with E-state index in [4.69, 9.17) is 4.74 Å². The van der Waals surface area contributed by atoms with E-state index in [2.05, 4.69) is 21.3 Å². The van der Waals surface area contributed by atoms with Gasteiger partial charge in [0, 0.05) is 49.3 Å². The van der Waals surface area contributed by atoms with Gasteiger partial charge in [0.15, 0.2) is 0 Å². The molecule has 2 aliphatic rings. The zero-order valence-electron chi connectivity index (χ0n) is 55.9. The molecule has 2 heterocycles. The average molecular weight is 1200 g/mol. The number of allylic oxidation sites excluding steroid dienone is 2. The van der Waals surface area contributed by atoms with Crippen molar-refractivity contribution in [2.45, 2.75) is 222 Å². The predicted molar refractivity (Wildman–Crippen MR) is 326 cm³/mol. The number of likely N-dealkylation sites (N-methyl/N-ethyl adjacent to an activating group) is 7. The molecule has 2 rings (SSSR count). The van der Waals surface area contributed by atoms with Crippen molar-refractivity contribution in [3.05, 3.63) is 12.2 Å². The molecule has 14 atom stereocenters. The lowest BCUT2D eigenvalue weighted by Gasteiger charge is -2.39. The van der Waals surface area contributed by atoms with Crippen molar-refractivity contribution in [2.24, 2.45) is 41.4 Å². The molecule has 0 aliphatic carbocycles. The quantitative estimate of drug-likeness (QED) is 0.194. The molecule has 0 aromatic heterocycles. The average Bonchev–Trinajstić information content (AvgIpc) is 3.89. The van der Waals surface area contributed by atoms with Crippen LogP contribution in [0.5, 0.6) is 0 Å². The van der Waals surface area contributed by atoms with Crippen molar-refractivity contribution in [2.75, 3.05) is 55.9 Å². The van der Waals surface area contributed by atoms with E-state index in [9.17, 15) is 43.2 Å². The normalized spacial score (nSPS) is 29.2. The van der Waals surface area contributed by atoms with Gasteiger partial charge in [-0.25, -0.2) is 0 Å². The molecule has 23 heteroatoms. The highest BCUT2D eigenvalue weighted by atomic mass is 16.5. The molecule has 0 radical (unpaired) electrons. The second kappa shape index (κ2) is 33.1. The fourth-order valence-electron chi connectivity index (χ4n) is 11.2. The van der Waals surface area contributed by atoms with Crippen LogP contribution in [0.1, 0.15) is 150 Å². The number of hydrogen-bond acceptors (Lipinski definition) is 12. The molecule has 2 bridgehead atoms. The minimum atomic E-state index is -1.33. The fraction of sp³-hybridized carbons (Fsp3) is 0.790. The minimum absolute atomic E-state index is 0.0753. The third kappa shape index (κ3) is 19.4. The van der Waals surface area contributed by atoms with E-state index in [-0.39, 0.29) is 49.4 Å². The van der Waals surface area contributed by atoms with Gasteiger partial charge < -0.3 is 60.3 Å². The fourth-order valence-corrected chi connectivity index (χ4v) is 11.2. The monoisotopic (exact) mass is 1200 g/mol. The first-order valence-electron chi connectivity index (χ1n) is 30.6. The number of nitrogens with zero attached hydrogens (tertiary/aromatic N) is 7. The van der Waals surface area contributed by atoms with Gasteiger partial charge in [-0.15, -0.1) is 0 Å². The van der Waals surface area contributed by atoms with E-state index < -0.39 is 162 Å². The summed E-state index contributed by atoms with van der Waals surface area (Å²) in [7, 11) is 10.1. The zero-order chi connectivity index (χ0) is 65.6. The molecule has 2 saturated heterocycles. The largest absolute Gasteiger partial charge is 0.370 e. The first kappa shape index (κ1) is 75.0. The van der Waals surface area contributed by atoms with Gasteiger partial charge in [-0.05, 0) is 101 Å². The van der Waals surface area contributed by atoms with E-state index >= 15 is 9.59 Å². The molecule has 0 aromatic carbocycles. The first-order chi connectivity index (χ1) is 39.3. The number of fused-ring (bicyclic) bond motifs is 3. The van der Waals surface area contributed by atoms with Crippen molar-refractivity contribution < 1.29 is 57.5 Å². The SMILES string of the molecule is C/C=C/C[C@@H](C)[C@@H]1OC(C)[C@H]2C(=O)N(C)[C@H]1C(=O)N[C@@H](CC)C(=O)N(C)CC(=O)N(C)C([C@H](C)C(C)C)C(=O)N[C@@H](C(C)C)C(=O)N(C)[C@@H](CC(C)C)C(=O)N[C@@H](C)C(=O)N[C@@H](C)C(=O)N(C)[C@@H](CC(C)C)C(=O)N(C)[C@@H](CC(C)C)C(=O)N2C. The summed E-state index contributed by atoms with van der Waals surface area (Å²) < 4.78 is 6.75. The van der Waals surface area contributed by atoms with E-state index in [1.54, 1.807) is 34.6 Å². The van der Waals surface area contributed by atoms with E-state index in [0.29, 0.717) is 6.42 Å². The summed E-state index contributed by atoms with van der Waals surface area (Å²) >= 11 is 0. The Hall–Kier alpha value is -6.13. The van der Waals surface area contributed by atoms with Gasteiger partial charge in [0.25, 0.3) is 0 Å². The molecule has 484 valence electrons. The van der Waals surface area contributed by atoms with Crippen LogP contribution in [0.25, 0.3) is 0 Å². The number of hydrogen-bond donors (Lipinski definition) is 4. The zero-order valence-corrected chi connectivity index (χ0v) is 55.9. The molecule has 85 heavy (non-hydrogen) atoms. The molecule has 2 unspecified atom stereocenters. The van der Waals surface area contributed by atoms with Crippen LogP contribution in [-0.2, 0) is 57.5 Å². The van der Waals surface area contributed by atoms with Crippen molar-refractivity contribution >= 4 is 65.0 Å². The molecule has 0 spiro atoms. The van der Waals surface area contributed by atoms with Gasteiger partial charge in [-0.2, -0.15) is 0 Å². The van der Waals surface area contributed by atoms with E-state index in [1.165, 1.54) is 92.6 Å². The highest BCUT2D eigenvalue weighted by Gasteiger charge is 2.50. The summed E-state index contributed by atoms with van der Waals surface area (Å²) in [5.74, 6) is -8.98. The van der Waals surface area contributed by atoms with Crippen LogP contribution in [0.4, 0.5) is 0 Å². The lowest BCUT2D eigenvalue weighted by Crippen LogP contribution is -2.62. The Morgan fingerprint density at radius 2 is 0.976 bits per heavy atom. The second-order valence-corrected chi connectivity index (χ2v) is 26.1. The van der Waals surface area contributed by atoms with Gasteiger partial charge in [0.05, 0.1) is 18.8 Å². The maximum absolute atomic E-state index is 15.2. The maximum atomic E-state index is 15.2. The van der Waals surface area contributed by atoms with Crippen molar-refractivity contribution in [1.82, 2.24) is 55.6 Å². The second-order valence-electron chi connectivity index (χ2n) is 26.1. The molecular weight excluding hydrogens is 1090 g/mol. The number of carbonyl (C=O) groups excluding carboxylic acids is 11. The Kier molecular flexibility index (Phi) is 29.2. The number of nitrogens with one attached hydrogen (secondary N) is 4. The Morgan fingerprint density at radius 3 is 1.46 bits per heavy atom. The highest BCUT2D eigenvalue weighted by molar-refractivity contribution is 6.00.